The SMILES string of the molecule is OCCc1c[nH+]cs1. The largest absolute Gasteiger partial charge is 0.396 e. The van der Waals surface area contributed by atoms with E-state index in [1.807, 2.05) is 11.7 Å². The predicted octanol–water partition coefficient (Wildman–Crippen LogP) is 0.0970. The maximum absolute atomic E-state index is 8.43. The van der Waals surface area contributed by atoms with Crippen LogP contribution in [0.3, 0.4) is 0 Å². The summed E-state index contributed by atoms with van der Waals surface area (Å²) in [6.45, 7) is 0.244. The fourth-order valence-corrected chi connectivity index (χ4v) is 1.14. The standard InChI is InChI=1S/C5H7NOS/c7-2-1-5-3-6-4-8-5/h3-4,7H,1-2H2/p+1. The molecule has 0 aliphatic carbocycles. The zero-order valence-electron chi connectivity index (χ0n) is 4.42. The highest BCUT2D eigenvalue weighted by molar-refractivity contribution is 7.09. The van der Waals surface area contributed by atoms with E-state index in [1.54, 1.807) is 11.3 Å². The molecule has 44 valence electrons. The number of hydrogen-bond acceptors (Lipinski definition) is 2. The third kappa shape index (κ3) is 1.28. The number of aliphatic hydroxyl groups is 1. The predicted molar refractivity (Wildman–Crippen MR) is 31.7 cm³/mol. The van der Waals surface area contributed by atoms with Gasteiger partial charge in [-0.15, -0.1) is 0 Å². The highest BCUT2D eigenvalue weighted by Gasteiger charge is 1.94. The molecule has 0 unspecified atom stereocenters. The summed E-state index contributed by atoms with van der Waals surface area (Å²) < 4.78 is 0. The number of nitrogens with one attached hydrogen (secondary N) is 1. The third-order valence-corrected chi connectivity index (χ3v) is 1.76. The maximum Gasteiger partial charge on any atom is 0.223 e. The van der Waals surface area contributed by atoms with Gasteiger partial charge in [0.2, 0.25) is 5.51 Å². The number of aromatic amines is 1. The van der Waals surface area contributed by atoms with Crippen LogP contribution in [0.25, 0.3) is 0 Å². The van der Waals surface area contributed by atoms with E-state index in [4.69, 9.17) is 5.11 Å². The van der Waals surface area contributed by atoms with Crippen molar-refractivity contribution in [2.24, 2.45) is 0 Å². The molecule has 0 aliphatic heterocycles. The summed E-state index contributed by atoms with van der Waals surface area (Å²) in [4.78, 5) is 4.12. The van der Waals surface area contributed by atoms with Crippen LogP contribution in [0.2, 0.25) is 0 Å². The molecule has 0 aromatic carbocycles. The Morgan fingerprint density at radius 1 is 1.75 bits per heavy atom. The first kappa shape index (κ1) is 5.72. The quantitative estimate of drug-likeness (QED) is 0.605. The van der Waals surface area contributed by atoms with E-state index < -0.39 is 0 Å². The summed E-state index contributed by atoms with van der Waals surface area (Å²) in [7, 11) is 0. The Labute approximate surface area is 51.8 Å². The Kier molecular flexibility index (Phi) is 2.00. The molecular weight excluding hydrogens is 122 g/mol. The maximum atomic E-state index is 8.43. The Balaban J connectivity index is 2.50. The fraction of sp³-hybridized carbons (Fsp3) is 0.400. The van der Waals surface area contributed by atoms with Crippen molar-refractivity contribution in [3.8, 4) is 0 Å². The smallest absolute Gasteiger partial charge is 0.223 e. The first-order chi connectivity index (χ1) is 3.93. The zero-order valence-corrected chi connectivity index (χ0v) is 5.24. The summed E-state index contributed by atoms with van der Waals surface area (Å²) in [6.07, 6.45) is 2.68. The van der Waals surface area contributed by atoms with Crippen LogP contribution in [-0.4, -0.2) is 11.7 Å². The molecular formula is C5H8NOS+. The summed E-state index contributed by atoms with van der Waals surface area (Å²) >= 11 is 1.63. The second-order valence-corrected chi connectivity index (χ2v) is 2.48. The molecule has 3 heteroatoms. The van der Waals surface area contributed by atoms with Crippen LogP contribution in [-0.2, 0) is 6.42 Å². The van der Waals surface area contributed by atoms with Crippen LogP contribution < -0.4 is 4.98 Å². The van der Waals surface area contributed by atoms with Crippen molar-refractivity contribution in [3.05, 3.63) is 16.6 Å². The van der Waals surface area contributed by atoms with Gasteiger partial charge in [0.05, 0.1) is 4.88 Å². The molecule has 1 rings (SSSR count). The lowest BCUT2D eigenvalue weighted by Gasteiger charge is -1.81. The minimum Gasteiger partial charge on any atom is -0.396 e. The van der Waals surface area contributed by atoms with E-state index in [-0.39, 0.29) is 6.61 Å². The topological polar surface area (TPSA) is 34.4 Å². The summed E-state index contributed by atoms with van der Waals surface area (Å²) in [5, 5.41) is 8.43. The van der Waals surface area contributed by atoms with Gasteiger partial charge in [0.25, 0.3) is 0 Å². The van der Waals surface area contributed by atoms with Crippen molar-refractivity contribution in [1.29, 1.82) is 0 Å². The highest BCUT2D eigenvalue weighted by Crippen LogP contribution is 2.01. The molecule has 2 nitrogen and oxygen atoms in total. The molecule has 1 heterocycles. The van der Waals surface area contributed by atoms with Crippen LogP contribution in [0.15, 0.2) is 11.7 Å². The third-order valence-electron chi connectivity index (χ3n) is 0.881. The lowest BCUT2D eigenvalue weighted by atomic mass is 10.4. The van der Waals surface area contributed by atoms with E-state index in [2.05, 4.69) is 4.98 Å². The molecule has 0 radical (unpaired) electrons. The van der Waals surface area contributed by atoms with Crippen molar-refractivity contribution in [1.82, 2.24) is 0 Å². The first-order valence-electron chi connectivity index (χ1n) is 2.48. The number of hydrogen-bond donors (Lipinski definition) is 1. The van der Waals surface area contributed by atoms with Gasteiger partial charge in [-0.25, -0.2) is 4.98 Å². The Hall–Kier alpha value is -0.410. The monoisotopic (exact) mass is 130 g/mol. The molecule has 0 bridgehead atoms. The van der Waals surface area contributed by atoms with E-state index in [1.165, 1.54) is 4.88 Å². The van der Waals surface area contributed by atoms with E-state index in [9.17, 15) is 0 Å². The highest BCUT2D eigenvalue weighted by atomic mass is 32.1. The second-order valence-electron chi connectivity index (χ2n) is 1.49. The average Bonchev–Trinajstić information content (AvgIpc) is 2.19. The van der Waals surface area contributed by atoms with Crippen LogP contribution >= 0.6 is 11.3 Å². The molecule has 0 saturated carbocycles. The van der Waals surface area contributed by atoms with Crippen molar-refractivity contribution >= 4 is 11.3 Å². The minimum absolute atomic E-state index is 0.244. The van der Waals surface area contributed by atoms with E-state index >= 15 is 0 Å². The molecule has 0 fully saturated rings. The summed E-state index contributed by atoms with van der Waals surface area (Å²) in [5.41, 5.74) is 1.89. The number of H-pyrrole nitrogens is 1. The van der Waals surface area contributed by atoms with E-state index in [0.717, 1.165) is 6.42 Å². The Morgan fingerprint density at radius 3 is 3.12 bits per heavy atom. The van der Waals surface area contributed by atoms with Crippen LogP contribution in [0, 0.1) is 0 Å². The lowest BCUT2D eigenvalue weighted by Crippen LogP contribution is -1.92. The minimum atomic E-state index is 0.244. The van der Waals surface area contributed by atoms with Gasteiger partial charge in [0, 0.05) is 13.0 Å². The molecule has 0 atom stereocenters. The van der Waals surface area contributed by atoms with Crippen molar-refractivity contribution in [2.75, 3.05) is 6.61 Å². The van der Waals surface area contributed by atoms with Crippen LogP contribution in [0.1, 0.15) is 4.88 Å². The molecule has 1 aromatic heterocycles. The van der Waals surface area contributed by atoms with Crippen molar-refractivity contribution in [3.63, 3.8) is 0 Å². The Morgan fingerprint density at radius 2 is 2.62 bits per heavy atom. The van der Waals surface area contributed by atoms with Crippen LogP contribution in [0.4, 0.5) is 0 Å². The fourth-order valence-electron chi connectivity index (χ4n) is 0.512. The number of rotatable bonds is 2. The average molecular weight is 130 g/mol. The summed E-state index contributed by atoms with van der Waals surface area (Å²) in [5.74, 6) is 0. The molecule has 0 spiro atoms. The van der Waals surface area contributed by atoms with Crippen LogP contribution in [0.5, 0.6) is 0 Å². The zero-order chi connectivity index (χ0) is 5.82. The molecule has 1 aromatic rings. The molecule has 0 aliphatic rings. The van der Waals surface area contributed by atoms with Gasteiger partial charge in [-0.2, -0.15) is 0 Å². The van der Waals surface area contributed by atoms with Gasteiger partial charge >= 0.3 is 0 Å². The number of thiazole rings is 1. The molecule has 0 amide bonds. The van der Waals surface area contributed by atoms with Gasteiger partial charge in [0.15, 0.2) is 6.20 Å². The first-order valence-corrected chi connectivity index (χ1v) is 3.36. The molecule has 8 heavy (non-hydrogen) atoms. The number of aliphatic hydroxyl groups excluding tert-OH is 1. The lowest BCUT2D eigenvalue weighted by molar-refractivity contribution is -0.371. The van der Waals surface area contributed by atoms with E-state index in [0.29, 0.717) is 0 Å². The number of aromatic nitrogens is 1. The van der Waals surface area contributed by atoms with Crippen molar-refractivity contribution in [2.45, 2.75) is 6.42 Å². The van der Waals surface area contributed by atoms with Gasteiger partial charge in [-0.05, 0) is 0 Å². The molecule has 0 saturated heterocycles. The molecule has 2 N–H and O–H groups in total. The van der Waals surface area contributed by atoms with Crippen molar-refractivity contribution < 1.29 is 10.1 Å². The summed E-state index contributed by atoms with van der Waals surface area (Å²) in [6, 6.07) is 0. The normalized spacial score (nSPS) is 9.62. The van der Waals surface area contributed by atoms with Gasteiger partial charge in [-0.3, -0.25) is 0 Å². The van der Waals surface area contributed by atoms with Gasteiger partial charge in [-0.1, -0.05) is 11.3 Å². The van der Waals surface area contributed by atoms with Gasteiger partial charge in [0.1, 0.15) is 0 Å². The second kappa shape index (κ2) is 2.79. The Bertz CT molecular complexity index is 138. The van der Waals surface area contributed by atoms with Gasteiger partial charge < -0.3 is 5.11 Å².